The van der Waals surface area contributed by atoms with Crippen molar-refractivity contribution in [2.45, 2.75) is 78.3 Å². The SMILES string of the molecule is CC(C)CCN(c1ccc(CCc2ccc(Cl)cc2)cc1)C1CCCN(C(=O)C(N)CC(C)C)C1. The zero-order valence-electron chi connectivity index (χ0n) is 22.1. The van der Waals surface area contributed by atoms with Crippen LogP contribution >= 0.6 is 11.6 Å². The van der Waals surface area contributed by atoms with E-state index in [0.29, 0.717) is 17.9 Å². The van der Waals surface area contributed by atoms with Crippen LogP contribution in [0.25, 0.3) is 0 Å². The van der Waals surface area contributed by atoms with Gasteiger partial charge < -0.3 is 15.5 Å². The summed E-state index contributed by atoms with van der Waals surface area (Å²) in [6.45, 7) is 11.4. The lowest BCUT2D eigenvalue weighted by Gasteiger charge is -2.41. The van der Waals surface area contributed by atoms with E-state index in [4.69, 9.17) is 17.3 Å². The van der Waals surface area contributed by atoms with Gasteiger partial charge in [-0.2, -0.15) is 0 Å². The Morgan fingerprint density at radius 1 is 1.00 bits per heavy atom. The van der Waals surface area contributed by atoms with E-state index in [-0.39, 0.29) is 5.91 Å². The van der Waals surface area contributed by atoms with Gasteiger partial charge in [0.1, 0.15) is 0 Å². The van der Waals surface area contributed by atoms with Crippen molar-refractivity contribution in [1.29, 1.82) is 0 Å². The Hall–Kier alpha value is -2.04. The summed E-state index contributed by atoms with van der Waals surface area (Å²) in [5, 5.41) is 0.782. The lowest BCUT2D eigenvalue weighted by atomic mass is 9.98. The fraction of sp³-hybridized carbons (Fsp3) is 0.567. The Bertz CT molecular complexity index is 910. The van der Waals surface area contributed by atoms with Crippen LogP contribution in [-0.2, 0) is 17.6 Å². The van der Waals surface area contributed by atoms with Crippen molar-refractivity contribution in [2.24, 2.45) is 17.6 Å². The highest BCUT2D eigenvalue weighted by Gasteiger charge is 2.30. The van der Waals surface area contributed by atoms with Crippen LogP contribution in [0.2, 0.25) is 5.02 Å². The first kappa shape index (κ1) is 27.5. The number of likely N-dealkylation sites (tertiary alicyclic amines) is 1. The molecule has 5 heteroatoms. The highest BCUT2D eigenvalue weighted by atomic mass is 35.5. The number of nitrogens with zero attached hydrogens (tertiary/aromatic N) is 2. The quantitative estimate of drug-likeness (QED) is 0.394. The van der Waals surface area contributed by atoms with Gasteiger partial charge in [-0.05, 0) is 85.8 Å². The minimum atomic E-state index is -0.391. The summed E-state index contributed by atoms with van der Waals surface area (Å²) < 4.78 is 0. The Labute approximate surface area is 217 Å². The molecule has 2 aromatic carbocycles. The normalized spacial score (nSPS) is 17.1. The second-order valence-corrected chi connectivity index (χ2v) is 11.4. The van der Waals surface area contributed by atoms with Crippen molar-refractivity contribution in [3.63, 3.8) is 0 Å². The van der Waals surface area contributed by atoms with Gasteiger partial charge in [-0.15, -0.1) is 0 Å². The predicted octanol–water partition coefficient (Wildman–Crippen LogP) is 6.34. The van der Waals surface area contributed by atoms with Crippen molar-refractivity contribution in [3.8, 4) is 0 Å². The maximum Gasteiger partial charge on any atom is 0.239 e. The molecule has 0 saturated carbocycles. The molecule has 1 heterocycles. The van der Waals surface area contributed by atoms with Crippen LogP contribution in [0.3, 0.4) is 0 Å². The molecule has 2 atom stereocenters. The summed E-state index contributed by atoms with van der Waals surface area (Å²) in [6.07, 6.45) is 6.03. The summed E-state index contributed by atoms with van der Waals surface area (Å²) in [5.41, 5.74) is 10.2. The topological polar surface area (TPSA) is 49.6 Å². The number of hydrogen-bond acceptors (Lipinski definition) is 3. The van der Waals surface area contributed by atoms with E-state index in [2.05, 4.69) is 69.0 Å². The van der Waals surface area contributed by atoms with Crippen molar-refractivity contribution >= 4 is 23.2 Å². The van der Waals surface area contributed by atoms with Crippen LogP contribution < -0.4 is 10.6 Å². The van der Waals surface area contributed by atoms with Crippen molar-refractivity contribution in [3.05, 3.63) is 64.7 Å². The van der Waals surface area contributed by atoms with E-state index in [1.54, 1.807) is 0 Å². The molecule has 2 N–H and O–H groups in total. The van der Waals surface area contributed by atoms with E-state index in [0.717, 1.165) is 63.2 Å². The van der Waals surface area contributed by atoms with Gasteiger partial charge in [0.25, 0.3) is 0 Å². The molecule has 0 spiro atoms. The molecule has 2 aromatic rings. The Balaban J connectivity index is 1.68. The van der Waals surface area contributed by atoms with Gasteiger partial charge >= 0.3 is 0 Å². The molecule has 0 aromatic heterocycles. The number of rotatable bonds is 11. The smallest absolute Gasteiger partial charge is 0.239 e. The Morgan fingerprint density at radius 2 is 1.60 bits per heavy atom. The van der Waals surface area contributed by atoms with Crippen LogP contribution in [0.5, 0.6) is 0 Å². The van der Waals surface area contributed by atoms with Gasteiger partial charge in [-0.1, -0.05) is 63.6 Å². The molecule has 1 amide bonds. The fourth-order valence-corrected chi connectivity index (χ4v) is 5.09. The van der Waals surface area contributed by atoms with Gasteiger partial charge in [0, 0.05) is 36.4 Å². The Kier molecular flexibility index (Phi) is 10.5. The Morgan fingerprint density at radius 3 is 2.17 bits per heavy atom. The summed E-state index contributed by atoms with van der Waals surface area (Å²) >= 11 is 6.01. The maximum atomic E-state index is 13.0. The summed E-state index contributed by atoms with van der Waals surface area (Å²) in [5.74, 6) is 1.18. The van der Waals surface area contributed by atoms with Gasteiger partial charge in [0.2, 0.25) is 5.91 Å². The van der Waals surface area contributed by atoms with Crippen LogP contribution in [0.4, 0.5) is 5.69 Å². The van der Waals surface area contributed by atoms with Gasteiger partial charge in [-0.3, -0.25) is 4.79 Å². The molecule has 2 unspecified atom stereocenters. The molecule has 35 heavy (non-hydrogen) atoms. The number of carbonyl (C=O) groups excluding carboxylic acids is 1. The molecule has 1 aliphatic rings. The molecule has 0 bridgehead atoms. The van der Waals surface area contributed by atoms with E-state index >= 15 is 0 Å². The second-order valence-electron chi connectivity index (χ2n) is 11.0. The van der Waals surface area contributed by atoms with Crippen LogP contribution in [0, 0.1) is 11.8 Å². The number of halogens is 1. The third kappa shape index (κ3) is 8.54. The van der Waals surface area contributed by atoms with Crippen LogP contribution in [-0.4, -0.2) is 42.5 Å². The minimum Gasteiger partial charge on any atom is -0.367 e. The number of benzene rings is 2. The van der Waals surface area contributed by atoms with Crippen molar-refractivity contribution < 1.29 is 4.79 Å². The number of amides is 1. The average Bonchev–Trinajstić information content (AvgIpc) is 2.83. The molecule has 1 aliphatic heterocycles. The third-order valence-electron chi connectivity index (χ3n) is 7.02. The molecule has 1 saturated heterocycles. The summed E-state index contributed by atoms with van der Waals surface area (Å²) in [7, 11) is 0. The summed E-state index contributed by atoms with van der Waals surface area (Å²) in [6, 6.07) is 17.1. The standard InChI is InChI=1S/C30H44ClN3O/c1-22(2)17-19-34(28-6-5-18-33(21-28)30(35)29(32)20-23(3)4)27-15-11-25(12-16-27)8-7-24-9-13-26(31)14-10-24/h9-16,22-23,28-29H,5-8,17-21,32H2,1-4H3. The zero-order chi connectivity index (χ0) is 25.4. The number of hydrogen-bond donors (Lipinski definition) is 1. The number of aryl methyl sites for hydroxylation is 2. The molecular formula is C30H44ClN3O. The van der Waals surface area contributed by atoms with E-state index in [1.807, 2.05) is 17.0 Å². The first-order chi connectivity index (χ1) is 16.7. The van der Waals surface area contributed by atoms with E-state index in [1.165, 1.54) is 16.8 Å². The molecule has 3 rings (SSSR count). The predicted molar refractivity (Wildman–Crippen MR) is 149 cm³/mol. The highest BCUT2D eigenvalue weighted by molar-refractivity contribution is 6.30. The van der Waals surface area contributed by atoms with Gasteiger partial charge in [-0.25, -0.2) is 0 Å². The highest BCUT2D eigenvalue weighted by Crippen LogP contribution is 2.26. The van der Waals surface area contributed by atoms with E-state index < -0.39 is 6.04 Å². The molecular weight excluding hydrogens is 454 g/mol. The molecule has 4 nitrogen and oxygen atoms in total. The minimum absolute atomic E-state index is 0.116. The van der Waals surface area contributed by atoms with Gasteiger partial charge in [0.05, 0.1) is 6.04 Å². The largest absolute Gasteiger partial charge is 0.367 e. The number of carbonyl (C=O) groups is 1. The monoisotopic (exact) mass is 497 g/mol. The number of anilines is 1. The van der Waals surface area contributed by atoms with E-state index in [9.17, 15) is 4.79 Å². The van der Waals surface area contributed by atoms with Crippen molar-refractivity contribution in [2.75, 3.05) is 24.5 Å². The first-order valence-corrected chi connectivity index (χ1v) is 13.7. The second kappa shape index (κ2) is 13.3. The molecule has 0 radical (unpaired) electrons. The van der Waals surface area contributed by atoms with Gasteiger partial charge in [0.15, 0.2) is 0 Å². The number of nitrogens with two attached hydrogens (primary N) is 1. The molecule has 0 aliphatic carbocycles. The lowest BCUT2D eigenvalue weighted by molar-refractivity contribution is -0.134. The first-order valence-electron chi connectivity index (χ1n) is 13.4. The number of piperidine rings is 1. The lowest BCUT2D eigenvalue weighted by Crippen LogP contribution is -2.54. The fourth-order valence-electron chi connectivity index (χ4n) is 4.97. The average molecular weight is 498 g/mol. The maximum absolute atomic E-state index is 13.0. The van der Waals surface area contributed by atoms with Crippen LogP contribution in [0.15, 0.2) is 48.5 Å². The third-order valence-corrected chi connectivity index (χ3v) is 7.27. The van der Waals surface area contributed by atoms with Crippen molar-refractivity contribution in [1.82, 2.24) is 4.90 Å². The summed E-state index contributed by atoms with van der Waals surface area (Å²) in [4.78, 5) is 17.6. The zero-order valence-corrected chi connectivity index (χ0v) is 22.8. The van der Waals surface area contributed by atoms with Crippen LogP contribution in [0.1, 0.15) is 64.5 Å². The molecule has 1 fully saturated rings. The molecule has 192 valence electrons.